The topological polar surface area (TPSA) is 34.4 Å². The van der Waals surface area contributed by atoms with Gasteiger partial charge in [0.05, 0.1) is 6.26 Å². The van der Waals surface area contributed by atoms with Gasteiger partial charge in [-0.05, 0) is 75.5 Å². The van der Waals surface area contributed by atoms with Gasteiger partial charge in [-0.1, -0.05) is 42.5 Å². The number of furan rings is 1. The van der Waals surface area contributed by atoms with E-state index in [1.165, 1.54) is 11.1 Å². The lowest BCUT2D eigenvalue weighted by Gasteiger charge is -2.21. The van der Waals surface area contributed by atoms with Gasteiger partial charge in [0.1, 0.15) is 17.1 Å². The summed E-state index contributed by atoms with van der Waals surface area (Å²) in [6.07, 6.45) is 3.80. The van der Waals surface area contributed by atoms with E-state index < -0.39 is 0 Å². The van der Waals surface area contributed by atoms with Crippen molar-refractivity contribution in [2.45, 2.75) is 51.7 Å². The summed E-state index contributed by atoms with van der Waals surface area (Å²) in [7, 11) is 0. The van der Waals surface area contributed by atoms with Gasteiger partial charge in [-0.25, -0.2) is 0 Å². The molecule has 3 nitrogen and oxygen atoms in total. The van der Waals surface area contributed by atoms with E-state index in [4.69, 9.17) is 9.15 Å². The molecule has 0 saturated carbocycles. The Morgan fingerprint density at radius 1 is 0.893 bits per heavy atom. The molecule has 0 amide bonds. The van der Waals surface area contributed by atoms with Crippen LogP contribution in [0.25, 0.3) is 0 Å². The van der Waals surface area contributed by atoms with Crippen LogP contribution in [0.3, 0.4) is 0 Å². The van der Waals surface area contributed by atoms with Gasteiger partial charge in [0.25, 0.3) is 0 Å². The molecule has 3 heteroatoms. The molecule has 3 aromatic rings. The van der Waals surface area contributed by atoms with Gasteiger partial charge in [0.15, 0.2) is 0 Å². The molecule has 0 radical (unpaired) electrons. The maximum Gasteiger partial charge on any atom is 0.120 e. The number of ether oxygens (including phenoxy) is 1. The van der Waals surface area contributed by atoms with E-state index in [0.29, 0.717) is 5.92 Å². The van der Waals surface area contributed by atoms with Gasteiger partial charge in [0, 0.05) is 12.5 Å². The van der Waals surface area contributed by atoms with Crippen LogP contribution in [0.4, 0.5) is 0 Å². The molecule has 148 valence electrons. The van der Waals surface area contributed by atoms with E-state index in [9.17, 15) is 0 Å². The maximum absolute atomic E-state index is 5.88. The summed E-state index contributed by atoms with van der Waals surface area (Å²) in [5.41, 5.74) is 2.44. The Balaban J connectivity index is 1.49. The van der Waals surface area contributed by atoms with Crippen LogP contribution in [0.2, 0.25) is 0 Å². The van der Waals surface area contributed by atoms with Crippen molar-refractivity contribution >= 4 is 0 Å². The molecule has 0 aliphatic carbocycles. The number of rotatable bonds is 9. The minimum absolute atomic E-state index is 0.167. The molecule has 0 saturated heterocycles. The first-order valence-electron chi connectivity index (χ1n) is 10.1. The Hall–Kier alpha value is -2.52. The summed E-state index contributed by atoms with van der Waals surface area (Å²) < 4.78 is 11.6. The van der Waals surface area contributed by atoms with E-state index in [0.717, 1.165) is 37.4 Å². The third-order valence-electron chi connectivity index (χ3n) is 4.62. The van der Waals surface area contributed by atoms with Crippen molar-refractivity contribution in [1.29, 1.82) is 0 Å². The summed E-state index contributed by atoms with van der Waals surface area (Å²) in [6, 6.07) is 23.0. The van der Waals surface area contributed by atoms with Crippen LogP contribution in [0.15, 0.2) is 77.4 Å². The molecule has 0 fully saturated rings. The zero-order chi connectivity index (χ0) is 19.8. The second-order valence-electron chi connectivity index (χ2n) is 8.23. The Kier molecular flexibility index (Phi) is 6.94. The Morgan fingerprint density at radius 3 is 2.29 bits per heavy atom. The molecule has 1 aromatic heterocycles. The quantitative estimate of drug-likeness (QED) is 0.467. The van der Waals surface area contributed by atoms with Crippen LogP contribution in [-0.2, 0) is 13.0 Å². The fraction of sp³-hybridized carbons (Fsp3) is 0.360. The first kappa shape index (κ1) is 20.2. The van der Waals surface area contributed by atoms with Crippen LogP contribution in [-0.4, -0.2) is 12.1 Å². The molecule has 2 aromatic carbocycles. The molecule has 0 unspecified atom stereocenters. The summed E-state index contributed by atoms with van der Waals surface area (Å²) in [5, 5.41) is 3.57. The molecule has 0 aliphatic rings. The molecule has 3 rings (SSSR count). The zero-order valence-corrected chi connectivity index (χ0v) is 17.2. The Morgan fingerprint density at radius 2 is 1.64 bits per heavy atom. The van der Waals surface area contributed by atoms with E-state index in [-0.39, 0.29) is 5.60 Å². The average Bonchev–Trinajstić information content (AvgIpc) is 3.20. The van der Waals surface area contributed by atoms with Gasteiger partial charge >= 0.3 is 0 Å². The highest BCUT2D eigenvalue weighted by molar-refractivity contribution is 5.27. The minimum atomic E-state index is -0.167. The van der Waals surface area contributed by atoms with E-state index in [2.05, 4.69) is 74.6 Å². The summed E-state index contributed by atoms with van der Waals surface area (Å²) in [4.78, 5) is 0. The number of hydrogen-bond donors (Lipinski definition) is 1. The highest BCUT2D eigenvalue weighted by Crippen LogP contribution is 2.24. The van der Waals surface area contributed by atoms with Crippen molar-refractivity contribution in [2.24, 2.45) is 0 Å². The third kappa shape index (κ3) is 6.58. The second kappa shape index (κ2) is 9.61. The fourth-order valence-electron chi connectivity index (χ4n) is 3.31. The highest BCUT2D eigenvalue weighted by Gasteiger charge is 2.15. The van der Waals surface area contributed by atoms with Crippen LogP contribution < -0.4 is 10.1 Å². The Bertz CT molecular complexity index is 802. The molecule has 1 heterocycles. The van der Waals surface area contributed by atoms with Crippen molar-refractivity contribution < 1.29 is 9.15 Å². The van der Waals surface area contributed by atoms with Gasteiger partial charge < -0.3 is 14.5 Å². The number of benzene rings is 2. The van der Waals surface area contributed by atoms with Crippen molar-refractivity contribution in [2.75, 3.05) is 6.54 Å². The van der Waals surface area contributed by atoms with E-state index in [1.807, 2.05) is 18.2 Å². The van der Waals surface area contributed by atoms with Gasteiger partial charge in [-0.3, -0.25) is 0 Å². The predicted octanol–water partition coefficient (Wildman–Crippen LogP) is 5.96. The van der Waals surface area contributed by atoms with Gasteiger partial charge in [-0.15, -0.1) is 0 Å². The molecule has 0 bridgehead atoms. The van der Waals surface area contributed by atoms with Gasteiger partial charge in [0.2, 0.25) is 0 Å². The third-order valence-corrected chi connectivity index (χ3v) is 4.62. The smallest absolute Gasteiger partial charge is 0.120 e. The average molecular weight is 378 g/mol. The lowest BCUT2D eigenvalue weighted by atomic mass is 9.94. The first-order valence-corrected chi connectivity index (χ1v) is 10.1. The van der Waals surface area contributed by atoms with Crippen molar-refractivity contribution in [1.82, 2.24) is 5.32 Å². The molecular weight excluding hydrogens is 346 g/mol. The molecule has 1 N–H and O–H groups in total. The van der Waals surface area contributed by atoms with Crippen molar-refractivity contribution in [3.05, 3.63) is 89.9 Å². The molecule has 0 spiro atoms. The summed E-state index contributed by atoms with van der Waals surface area (Å²) in [6.45, 7) is 7.98. The Labute approximate surface area is 168 Å². The first-order chi connectivity index (χ1) is 13.5. The van der Waals surface area contributed by atoms with E-state index in [1.54, 1.807) is 6.26 Å². The van der Waals surface area contributed by atoms with Crippen molar-refractivity contribution in [3.63, 3.8) is 0 Å². The highest BCUT2D eigenvalue weighted by atomic mass is 16.5. The monoisotopic (exact) mass is 377 g/mol. The van der Waals surface area contributed by atoms with Gasteiger partial charge in [-0.2, -0.15) is 0 Å². The predicted molar refractivity (Wildman–Crippen MR) is 115 cm³/mol. The summed E-state index contributed by atoms with van der Waals surface area (Å²) >= 11 is 0. The lowest BCUT2D eigenvalue weighted by Crippen LogP contribution is -2.23. The van der Waals surface area contributed by atoms with E-state index >= 15 is 0 Å². The largest absolute Gasteiger partial charge is 0.488 e. The molecule has 0 aliphatic heterocycles. The SMILES string of the molecule is CC(C)(C)Oc1ccc(CNCC[C@H](Cc2ccccc2)c2ccco2)cc1. The minimum Gasteiger partial charge on any atom is -0.488 e. The van der Waals surface area contributed by atoms with Crippen LogP contribution in [0.1, 0.15) is 50.0 Å². The van der Waals surface area contributed by atoms with Crippen LogP contribution in [0, 0.1) is 0 Å². The fourth-order valence-corrected chi connectivity index (χ4v) is 3.31. The van der Waals surface area contributed by atoms with Crippen LogP contribution in [0.5, 0.6) is 5.75 Å². The number of nitrogens with one attached hydrogen (secondary N) is 1. The van der Waals surface area contributed by atoms with Crippen LogP contribution >= 0.6 is 0 Å². The normalized spacial score (nSPS) is 12.7. The molecule has 1 atom stereocenters. The molecular formula is C25H31NO2. The van der Waals surface area contributed by atoms with Crippen molar-refractivity contribution in [3.8, 4) is 5.75 Å². The number of hydrogen-bond acceptors (Lipinski definition) is 3. The summed E-state index contributed by atoms with van der Waals surface area (Å²) in [5.74, 6) is 2.36. The standard InChI is InChI=1S/C25H31NO2/c1-25(2,3)28-23-13-11-21(12-14-23)19-26-16-15-22(24-10-7-17-27-24)18-20-8-5-4-6-9-20/h4-14,17,22,26H,15-16,18-19H2,1-3H3/t22-/m1/s1. The maximum atomic E-state index is 5.88. The molecule has 28 heavy (non-hydrogen) atoms. The second-order valence-corrected chi connectivity index (χ2v) is 8.23. The lowest BCUT2D eigenvalue weighted by molar-refractivity contribution is 0.131. The zero-order valence-electron chi connectivity index (χ0n) is 17.2.